The Hall–Kier alpha value is -0.560. The second kappa shape index (κ2) is 5.57. The Morgan fingerprint density at radius 1 is 1.56 bits per heavy atom. The molecule has 0 spiro atoms. The Bertz CT molecular complexity index is 145. The van der Waals surface area contributed by atoms with Crippen molar-refractivity contribution in [1.29, 1.82) is 0 Å². The number of allylic oxidation sites excluding steroid dienone is 3. The SMILES string of the molecule is C/C=C(C)/C=C\N=CCl. The van der Waals surface area contributed by atoms with Crippen molar-refractivity contribution in [2.24, 2.45) is 4.99 Å². The van der Waals surface area contributed by atoms with Gasteiger partial charge in [0.2, 0.25) is 0 Å². The highest BCUT2D eigenvalue weighted by Crippen LogP contribution is 1.92. The minimum absolute atomic E-state index is 1.18. The molecule has 0 bridgehead atoms. The standard InChI is InChI=1S/C7H10ClN/c1-3-7(2)4-5-9-6-8/h3-6H,1-2H3/b5-4-,7-3+,9-6?. The summed E-state index contributed by atoms with van der Waals surface area (Å²) in [6.07, 6.45) is 5.54. The van der Waals surface area contributed by atoms with Gasteiger partial charge in [-0.3, -0.25) is 4.99 Å². The molecule has 0 aliphatic heterocycles. The molecule has 0 radical (unpaired) electrons. The smallest absolute Gasteiger partial charge is 0.0926 e. The summed E-state index contributed by atoms with van der Waals surface area (Å²) in [5, 5.41) is 0. The third-order valence-electron chi connectivity index (χ3n) is 0.935. The van der Waals surface area contributed by atoms with Gasteiger partial charge in [-0.1, -0.05) is 23.3 Å². The predicted octanol–water partition coefficient (Wildman–Crippen LogP) is 2.73. The second-order valence-corrected chi connectivity index (χ2v) is 1.79. The van der Waals surface area contributed by atoms with Crippen molar-refractivity contribution in [1.82, 2.24) is 0 Å². The van der Waals surface area contributed by atoms with Crippen LogP contribution in [0.5, 0.6) is 0 Å². The number of halogens is 1. The average Bonchev–Trinajstić information content (AvgIpc) is 1.89. The van der Waals surface area contributed by atoms with E-state index in [1.54, 1.807) is 6.20 Å². The van der Waals surface area contributed by atoms with Crippen LogP contribution in [0.4, 0.5) is 0 Å². The summed E-state index contributed by atoms with van der Waals surface area (Å²) in [4.78, 5) is 3.68. The fraction of sp³-hybridized carbons (Fsp3) is 0.286. The molecule has 0 amide bonds. The molecule has 0 heterocycles. The topological polar surface area (TPSA) is 12.4 Å². The van der Waals surface area contributed by atoms with Crippen molar-refractivity contribution in [3.05, 3.63) is 23.9 Å². The largest absolute Gasteiger partial charge is 0.253 e. The molecule has 0 saturated heterocycles. The normalized spacial score (nSPS) is 13.9. The van der Waals surface area contributed by atoms with E-state index in [1.807, 2.05) is 26.0 Å². The molecule has 0 aromatic carbocycles. The fourth-order valence-corrected chi connectivity index (χ4v) is 0.354. The highest BCUT2D eigenvalue weighted by Gasteiger charge is 1.72. The summed E-state index contributed by atoms with van der Waals surface area (Å²) in [6, 6.07) is 0. The molecule has 50 valence electrons. The average molecular weight is 144 g/mol. The van der Waals surface area contributed by atoms with E-state index in [0.717, 1.165) is 0 Å². The monoisotopic (exact) mass is 143 g/mol. The first kappa shape index (κ1) is 8.44. The lowest BCUT2D eigenvalue weighted by molar-refractivity contribution is 1.45. The van der Waals surface area contributed by atoms with Crippen LogP contribution in [0.25, 0.3) is 0 Å². The highest BCUT2D eigenvalue weighted by molar-refractivity contribution is 6.56. The molecular weight excluding hydrogens is 134 g/mol. The Labute approximate surface area is 60.7 Å². The third-order valence-corrected chi connectivity index (χ3v) is 1.05. The Morgan fingerprint density at radius 3 is 2.67 bits per heavy atom. The van der Waals surface area contributed by atoms with Crippen molar-refractivity contribution in [2.45, 2.75) is 13.8 Å². The minimum atomic E-state index is 1.18. The molecule has 9 heavy (non-hydrogen) atoms. The zero-order chi connectivity index (χ0) is 7.11. The van der Waals surface area contributed by atoms with E-state index in [2.05, 4.69) is 4.99 Å². The molecular formula is C7H10ClN. The summed E-state index contributed by atoms with van der Waals surface area (Å²) in [5.41, 5.74) is 2.41. The van der Waals surface area contributed by atoms with Gasteiger partial charge in [0.1, 0.15) is 0 Å². The van der Waals surface area contributed by atoms with Crippen molar-refractivity contribution < 1.29 is 0 Å². The Kier molecular flexibility index (Phi) is 5.23. The molecule has 0 saturated carbocycles. The van der Waals surface area contributed by atoms with Crippen LogP contribution in [0.15, 0.2) is 28.9 Å². The fourth-order valence-electron chi connectivity index (χ4n) is 0.289. The first-order valence-corrected chi connectivity index (χ1v) is 3.16. The maximum Gasteiger partial charge on any atom is 0.0926 e. The summed E-state index contributed by atoms with van der Waals surface area (Å²) in [6.45, 7) is 3.98. The molecule has 0 fully saturated rings. The van der Waals surface area contributed by atoms with Gasteiger partial charge in [0.15, 0.2) is 0 Å². The van der Waals surface area contributed by atoms with Crippen molar-refractivity contribution in [3.8, 4) is 0 Å². The number of nitrogens with zero attached hydrogens (tertiary/aromatic N) is 1. The van der Waals surface area contributed by atoms with Crippen molar-refractivity contribution >= 4 is 17.3 Å². The molecule has 0 rings (SSSR count). The quantitative estimate of drug-likeness (QED) is 0.417. The summed E-state index contributed by atoms with van der Waals surface area (Å²) in [5.74, 6) is 0. The zero-order valence-electron chi connectivity index (χ0n) is 5.63. The summed E-state index contributed by atoms with van der Waals surface area (Å²) in [7, 11) is 0. The van der Waals surface area contributed by atoms with E-state index in [9.17, 15) is 0 Å². The maximum atomic E-state index is 5.17. The molecule has 2 heteroatoms. The van der Waals surface area contributed by atoms with Crippen LogP contribution in [-0.2, 0) is 0 Å². The second-order valence-electron chi connectivity index (χ2n) is 1.60. The molecule has 0 atom stereocenters. The molecule has 0 N–H and O–H groups in total. The van der Waals surface area contributed by atoms with Crippen molar-refractivity contribution in [3.63, 3.8) is 0 Å². The van der Waals surface area contributed by atoms with E-state index >= 15 is 0 Å². The molecule has 0 aliphatic rings. The van der Waals surface area contributed by atoms with Crippen LogP contribution >= 0.6 is 11.6 Å². The van der Waals surface area contributed by atoms with Crippen LogP contribution in [0.2, 0.25) is 0 Å². The van der Waals surface area contributed by atoms with Gasteiger partial charge < -0.3 is 0 Å². The molecule has 0 aromatic heterocycles. The van der Waals surface area contributed by atoms with Crippen LogP contribution in [0, 0.1) is 0 Å². The number of rotatable bonds is 2. The van der Waals surface area contributed by atoms with E-state index in [-0.39, 0.29) is 0 Å². The highest BCUT2D eigenvalue weighted by atomic mass is 35.5. The van der Waals surface area contributed by atoms with Crippen LogP contribution in [0.3, 0.4) is 0 Å². The van der Waals surface area contributed by atoms with Crippen LogP contribution in [0.1, 0.15) is 13.8 Å². The van der Waals surface area contributed by atoms with Gasteiger partial charge in [0.05, 0.1) is 5.67 Å². The van der Waals surface area contributed by atoms with E-state index in [4.69, 9.17) is 11.6 Å². The van der Waals surface area contributed by atoms with Crippen molar-refractivity contribution in [2.75, 3.05) is 0 Å². The summed E-state index contributed by atoms with van der Waals surface area (Å²) >= 11 is 5.17. The van der Waals surface area contributed by atoms with Gasteiger partial charge in [0.25, 0.3) is 0 Å². The third kappa shape index (κ3) is 5.31. The number of aliphatic imine (C=N–C) groups is 1. The predicted molar refractivity (Wildman–Crippen MR) is 42.9 cm³/mol. The van der Waals surface area contributed by atoms with Gasteiger partial charge in [-0.05, 0) is 19.9 Å². The van der Waals surface area contributed by atoms with Gasteiger partial charge in [-0.15, -0.1) is 0 Å². The van der Waals surface area contributed by atoms with Gasteiger partial charge in [0, 0.05) is 6.20 Å². The molecule has 0 unspecified atom stereocenters. The molecule has 0 aliphatic carbocycles. The van der Waals surface area contributed by atoms with Crippen LogP contribution < -0.4 is 0 Å². The van der Waals surface area contributed by atoms with E-state index in [0.29, 0.717) is 0 Å². The van der Waals surface area contributed by atoms with Gasteiger partial charge >= 0.3 is 0 Å². The van der Waals surface area contributed by atoms with Crippen LogP contribution in [-0.4, -0.2) is 5.67 Å². The van der Waals surface area contributed by atoms with Gasteiger partial charge in [-0.2, -0.15) is 0 Å². The summed E-state index contributed by atoms with van der Waals surface area (Å²) < 4.78 is 0. The molecule has 0 aromatic rings. The van der Waals surface area contributed by atoms with E-state index in [1.165, 1.54) is 11.2 Å². The zero-order valence-corrected chi connectivity index (χ0v) is 6.39. The molecule has 1 nitrogen and oxygen atoms in total. The minimum Gasteiger partial charge on any atom is -0.253 e. The lowest BCUT2D eigenvalue weighted by atomic mass is 10.3. The van der Waals surface area contributed by atoms with E-state index < -0.39 is 0 Å². The Balaban J connectivity index is 3.71. The van der Waals surface area contributed by atoms with Gasteiger partial charge in [-0.25, -0.2) is 0 Å². The number of hydrogen-bond donors (Lipinski definition) is 0. The maximum absolute atomic E-state index is 5.17. The first-order valence-electron chi connectivity index (χ1n) is 2.72. The lowest BCUT2D eigenvalue weighted by Crippen LogP contribution is -1.62. The number of hydrogen-bond acceptors (Lipinski definition) is 1. The lowest BCUT2D eigenvalue weighted by Gasteiger charge is -1.82. The Morgan fingerprint density at radius 2 is 2.22 bits per heavy atom. The first-order chi connectivity index (χ1) is 4.31.